The maximum atomic E-state index is 12.7. The van der Waals surface area contributed by atoms with Crippen molar-refractivity contribution in [2.45, 2.75) is 20.8 Å². The van der Waals surface area contributed by atoms with E-state index in [-0.39, 0.29) is 5.91 Å². The maximum Gasteiger partial charge on any atom is 0.340 e. The average molecular weight is 299 g/mol. The van der Waals surface area contributed by atoms with Crippen LogP contribution in [0.3, 0.4) is 0 Å². The highest BCUT2D eigenvalue weighted by Gasteiger charge is 2.36. The van der Waals surface area contributed by atoms with Crippen LogP contribution in [0.25, 0.3) is 6.08 Å². The van der Waals surface area contributed by atoms with Crippen LogP contribution in [0, 0.1) is 5.92 Å². The summed E-state index contributed by atoms with van der Waals surface area (Å²) >= 11 is 0. The van der Waals surface area contributed by atoms with E-state index in [1.165, 1.54) is 7.11 Å². The van der Waals surface area contributed by atoms with Crippen molar-refractivity contribution >= 4 is 18.0 Å². The first-order valence-electron chi connectivity index (χ1n) is 7.34. The van der Waals surface area contributed by atoms with Gasteiger partial charge < -0.3 is 9.64 Å². The lowest BCUT2D eigenvalue weighted by Crippen LogP contribution is -2.28. The molecule has 0 fully saturated rings. The van der Waals surface area contributed by atoms with E-state index >= 15 is 0 Å². The van der Waals surface area contributed by atoms with Crippen molar-refractivity contribution in [1.82, 2.24) is 4.90 Å². The van der Waals surface area contributed by atoms with Gasteiger partial charge in [-0.05, 0) is 24.5 Å². The van der Waals surface area contributed by atoms with Crippen LogP contribution in [0.1, 0.15) is 26.3 Å². The molecule has 2 rings (SSSR count). The molecule has 0 radical (unpaired) electrons. The first-order valence-corrected chi connectivity index (χ1v) is 7.34. The summed E-state index contributed by atoms with van der Waals surface area (Å²) in [6.45, 7) is 6.45. The Morgan fingerprint density at radius 2 is 1.91 bits per heavy atom. The van der Waals surface area contributed by atoms with Gasteiger partial charge in [0.2, 0.25) is 0 Å². The van der Waals surface area contributed by atoms with Crippen molar-refractivity contribution in [2.75, 3.05) is 13.7 Å². The van der Waals surface area contributed by atoms with Gasteiger partial charge in [-0.15, -0.1) is 0 Å². The summed E-state index contributed by atoms with van der Waals surface area (Å²) in [4.78, 5) is 26.5. The summed E-state index contributed by atoms with van der Waals surface area (Å²) in [6.07, 6.45) is 1.75. The highest BCUT2D eigenvalue weighted by Crippen LogP contribution is 2.32. The van der Waals surface area contributed by atoms with Gasteiger partial charge in [-0.1, -0.05) is 44.2 Å². The van der Waals surface area contributed by atoms with Gasteiger partial charge in [0.1, 0.15) is 0 Å². The molecule has 0 aliphatic carbocycles. The molecule has 1 heterocycles. The fraction of sp³-hybridized carbons (Fsp3) is 0.333. The van der Waals surface area contributed by atoms with Gasteiger partial charge >= 0.3 is 5.97 Å². The summed E-state index contributed by atoms with van der Waals surface area (Å²) in [5, 5.41) is 0. The number of ether oxygens (including phenoxy) is 1. The summed E-state index contributed by atoms with van der Waals surface area (Å²) < 4.78 is 4.86. The molecule has 4 heteroatoms. The Hall–Kier alpha value is -2.36. The van der Waals surface area contributed by atoms with Gasteiger partial charge in [-0.3, -0.25) is 4.79 Å². The van der Waals surface area contributed by atoms with Crippen LogP contribution in [0.5, 0.6) is 0 Å². The monoisotopic (exact) mass is 299 g/mol. The second-order valence-corrected chi connectivity index (χ2v) is 5.73. The third kappa shape index (κ3) is 3.11. The van der Waals surface area contributed by atoms with Gasteiger partial charge in [-0.2, -0.15) is 0 Å². The molecular weight excluding hydrogens is 278 g/mol. The number of carbonyl (C=O) groups is 2. The predicted molar refractivity (Wildman–Crippen MR) is 85.7 cm³/mol. The lowest BCUT2D eigenvalue weighted by Gasteiger charge is -2.19. The number of allylic oxidation sites excluding steroid dienone is 1. The highest BCUT2D eigenvalue weighted by atomic mass is 16.5. The van der Waals surface area contributed by atoms with Gasteiger partial charge in [0, 0.05) is 12.2 Å². The molecule has 0 N–H and O–H groups in total. The number of hydrogen-bond acceptors (Lipinski definition) is 3. The van der Waals surface area contributed by atoms with E-state index in [9.17, 15) is 9.59 Å². The number of carbonyl (C=O) groups excluding carboxylic acids is 2. The topological polar surface area (TPSA) is 46.6 Å². The zero-order valence-electron chi connectivity index (χ0n) is 13.4. The smallest absolute Gasteiger partial charge is 0.340 e. The Kier molecular flexibility index (Phi) is 4.81. The number of amides is 1. The first-order chi connectivity index (χ1) is 10.5. The minimum Gasteiger partial charge on any atom is -0.465 e. The molecule has 0 saturated carbocycles. The van der Waals surface area contributed by atoms with Gasteiger partial charge in [0.25, 0.3) is 5.91 Å². The number of hydrogen-bond donors (Lipinski definition) is 0. The van der Waals surface area contributed by atoms with Crippen LogP contribution < -0.4 is 0 Å². The Balaban J connectivity index is 2.50. The zero-order valence-corrected chi connectivity index (χ0v) is 13.4. The third-order valence-electron chi connectivity index (χ3n) is 3.56. The van der Waals surface area contributed by atoms with E-state index in [0.29, 0.717) is 29.3 Å². The van der Waals surface area contributed by atoms with Crippen molar-refractivity contribution < 1.29 is 14.3 Å². The fourth-order valence-corrected chi connectivity index (χ4v) is 2.53. The Labute approximate surface area is 131 Å². The molecule has 0 aromatic heterocycles. The van der Waals surface area contributed by atoms with Gasteiger partial charge in [-0.25, -0.2) is 4.79 Å². The molecule has 0 unspecified atom stereocenters. The molecule has 1 amide bonds. The minimum atomic E-state index is -0.473. The number of benzene rings is 1. The van der Waals surface area contributed by atoms with Crippen LogP contribution in [0.2, 0.25) is 0 Å². The van der Waals surface area contributed by atoms with Crippen molar-refractivity contribution in [3.8, 4) is 0 Å². The van der Waals surface area contributed by atoms with E-state index in [1.54, 1.807) is 17.9 Å². The molecule has 4 nitrogen and oxygen atoms in total. The van der Waals surface area contributed by atoms with Crippen molar-refractivity contribution in [3.05, 3.63) is 52.7 Å². The standard InChI is InChI=1S/C18H21NO3/c1-12(2)11-19-13(3)16(18(21)22-4)15(17(19)20)10-14-8-6-5-7-9-14/h5-10,12H,11H2,1-4H3. The average Bonchev–Trinajstić information content (AvgIpc) is 2.72. The first kappa shape index (κ1) is 16.0. The van der Waals surface area contributed by atoms with Crippen molar-refractivity contribution in [3.63, 3.8) is 0 Å². The number of rotatable bonds is 4. The SMILES string of the molecule is COC(=O)C1=C(C)N(CC(C)C)C(=O)C1=Cc1ccccc1. The van der Waals surface area contributed by atoms with Crippen LogP contribution in [-0.4, -0.2) is 30.4 Å². The Bertz CT molecular complexity index is 642. The Morgan fingerprint density at radius 3 is 2.45 bits per heavy atom. The van der Waals surface area contributed by atoms with Gasteiger partial charge in [0.15, 0.2) is 0 Å². The van der Waals surface area contributed by atoms with Crippen LogP contribution in [-0.2, 0) is 14.3 Å². The van der Waals surface area contributed by atoms with E-state index in [2.05, 4.69) is 0 Å². The molecule has 1 aromatic rings. The van der Waals surface area contributed by atoms with Crippen LogP contribution >= 0.6 is 0 Å². The highest BCUT2D eigenvalue weighted by molar-refractivity contribution is 6.16. The van der Waals surface area contributed by atoms with E-state index in [1.807, 2.05) is 44.2 Å². The lowest BCUT2D eigenvalue weighted by molar-refractivity contribution is -0.136. The van der Waals surface area contributed by atoms with Crippen LogP contribution in [0.4, 0.5) is 0 Å². The second kappa shape index (κ2) is 6.60. The summed E-state index contributed by atoms with van der Waals surface area (Å²) in [7, 11) is 1.33. The zero-order chi connectivity index (χ0) is 16.3. The summed E-state index contributed by atoms with van der Waals surface area (Å²) in [6, 6.07) is 9.50. The molecule has 22 heavy (non-hydrogen) atoms. The molecule has 1 aliphatic heterocycles. The van der Waals surface area contributed by atoms with Crippen molar-refractivity contribution in [2.24, 2.45) is 5.92 Å². The molecule has 0 saturated heterocycles. The van der Waals surface area contributed by atoms with Crippen molar-refractivity contribution in [1.29, 1.82) is 0 Å². The van der Waals surface area contributed by atoms with E-state index in [0.717, 1.165) is 5.56 Å². The number of methoxy groups -OCH3 is 1. The quantitative estimate of drug-likeness (QED) is 0.634. The summed E-state index contributed by atoms with van der Waals surface area (Å²) in [5.41, 5.74) is 2.30. The second-order valence-electron chi connectivity index (χ2n) is 5.73. The molecule has 1 aromatic carbocycles. The predicted octanol–water partition coefficient (Wildman–Crippen LogP) is 3.02. The number of esters is 1. The lowest BCUT2D eigenvalue weighted by atomic mass is 10.0. The largest absolute Gasteiger partial charge is 0.465 e. The normalized spacial score (nSPS) is 16.9. The van der Waals surface area contributed by atoms with E-state index < -0.39 is 5.97 Å². The third-order valence-corrected chi connectivity index (χ3v) is 3.56. The maximum absolute atomic E-state index is 12.7. The molecule has 1 aliphatic rings. The minimum absolute atomic E-state index is 0.143. The molecule has 0 spiro atoms. The van der Waals surface area contributed by atoms with E-state index in [4.69, 9.17) is 4.74 Å². The number of nitrogens with zero attached hydrogens (tertiary/aromatic N) is 1. The fourth-order valence-electron chi connectivity index (χ4n) is 2.53. The van der Waals surface area contributed by atoms with Crippen LogP contribution in [0.15, 0.2) is 47.2 Å². The Morgan fingerprint density at radius 1 is 1.27 bits per heavy atom. The molecule has 0 atom stereocenters. The summed E-state index contributed by atoms with van der Waals surface area (Å²) in [5.74, 6) is -0.302. The molecule has 0 bridgehead atoms. The van der Waals surface area contributed by atoms with Gasteiger partial charge in [0.05, 0.1) is 18.3 Å². The molecular formula is C18H21NO3. The molecule has 116 valence electrons.